The van der Waals surface area contributed by atoms with Crippen LogP contribution in [0.25, 0.3) is 0 Å². The smallest absolute Gasteiger partial charge is 0.343 e. The van der Waals surface area contributed by atoms with E-state index in [1.165, 1.54) is 0 Å². The van der Waals surface area contributed by atoms with Crippen LogP contribution in [0.5, 0.6) is 0 Å². The second-order valence-corrected chi connectivity index (χ2v) is 2.62. The summed E-state index contributed by atoms with van der Waals surface area (Å²) in [5, 5.41) is 8.63. The van der Waals surface area contributed by atoms with Gasteiger partial charge in [-0.25, -0.2) is 4.79 Å². The lowest BCUT2D eigenvalue weighted by Gasteiger charge is -2.27. The van der Waals surface area contributed by atoms with Crippen molar-refractivity contribution < 1.29 is 19.4 Å². The fraction of sp³-hybridized carbons (Fsp3) is 0.714. The van der Waals surface area contributed by atoms with Crippen molar-refractivity contribution in [3.8, 4) is 0 Å². The first kappa shape index (κ1) is 8.20. The van der Waals surface area contributed by atoms with Crippen LogP contribution in [0.4, 0.5) is 0 Å². The number of rotatable bonds is 2. The highest BCUT2D eigenvalue weighted by Crippen LogP contribution is 2.22. The molecule has 1 atom stereocenters. The summed E-state index contributed by atoms with van der Waals surface area (Å²) in [6, 6.07) is 0. The van der Waals surface area contributed by atoms with Gasteiger partial charge in [0.1, 0.15) is 0 Å². The lowest BCUT2D eigenvalue weighted by Crippen LogP contribution is -2.45. The van der Waals surface area contributed by atoms with Gasteiger partial charge in [0, 0.05) is 6.61 Å². The highest BCUT2D eigenvalue weighted by molar-refractivity contribution is 5.95. The number of hydrogen-bond acceptors (Lipinski definition) is 3. The molecule has 4 heteroatoms. The van der Waals surface area contributed by atoms with Gasteiger partial charge in [0.2, 0.25) is 5.60 Å². The van der Waals surface area contributed by atoms with Crippen molar-refractivity contribution in [1.82, 2.24) is 0 Å². The zero-order valence-corrected chi connectivity index (χ0v) is 6.08. The molecular formula is C7H10O4. The van der Waals surface area contributed by atoms with Gasteiger partial charge < -0.3 is 9.84 Å². The van der Waals surface area contributed by atoms with E-state index in [0.29, 0.717) is 19.3 Å². The number of carboxylic acid groups (broad SMARTS) is 1. The molecule has 62 valence electrons. The van der Waals surface area contributed by atoms with Gasteiger partial charge in [-0.3, -0.25) is 4.79 Å². The predicted molar refractivity (Wildman–Crippen MR) is 36.2 cm³/mol. The summed E-state index contributed by atoms with van der Waals surface area (Å²) in [7, 11) is 0. The summed E-state index contributed by atoms with van der Waals surface area (Å²) >= 11 is 0. The monoisotopic (exact) mass is 158 g/mol. The van der Waals surface area contributed by atoms with Crippen molar-refractivity contribution in [3.05, 3.63) is 0 Å². The number of carboxylic acids is 1. The van der Waals surface area contributed by atoms with E-state index in [2.05, 4.69) is 0 Å². The molecule has 1 aliphatic rings. The van der Waals surface area contributed by atoms with Gasteiger partial charge in [0.25, 0.3) is 0 Å². The maximum atomic E-state index is 10.6. The Labute approximate surface area is 64.2 Å². The molecule has 0 radical (unpaired) electrons. The predicted octanol–water partition coefficient (Wildman–Crippen LogP) is 0.209. The Morgan fingerprint density at radius 3 is 2.55 bits per heavy atom. The van der Waals surface area contributed by atoms with Crippen LogP contribution >= 0.6 is 0 Å². The average molecular weight is 158 g/mol. The van der Waals surface area contributed by atoms with Gasteiger partial charge in [-0.05, 0) is 19.3 Å². The highest BCUT2D eigenvalue weighted by Gasteiger charge is 2.40. The number of carbonyl (C=O) groups excluding carboxylic acids is 1. The lowest BCUT2D eigenvalue weighted by atomic mass is 9.96. The van der Waals surface area contributed by atoms with Gasteiger partial charge >= 0.3 is 5.97 Å². The number of hydrogen-bond donors (Lipinski definition) is 1. The standard InChI is InChI=1S/C7H10O4/c8-5-7(6(9)10)3-1-2-4-11-7/h5H,1-4H2,(H,9,10). The van der Waals surface area contributed by atoms with E-state index in [0.717, 1.165) is 12.8 Å². The maximum absolute atomic E-state index is 10.6. The third-order valence-electron chi connectivity index (χ3n) is 1.85. The normalized spacial score (nSPS) is 31.3. The van der Waals surface area contributed by atoms with E-state index in [1.54, 1.807) is 0 Å². The molecule has 1 unspecified atom stereocenters. The number of ether oxygens (including phenoxy) is 1. The molecule has 1 fully saturated rings. The van der Waals surface area contributed by atoms with Crippen molar-refractivity contribution in [2.45, 2.75) is 24.9 Å². The first-order valence-electron chi connectivity index (χ1n) is 3.55. The minimum atomic E-state index is -1.54. The van der Waals surface area contributed by atoms with Crippen LogP contribution in [-0.2, 0) is 14.3 Å². The molecule has 11 heavy (non-hydrogen) atoms. The number of aliphatic carboxylic acids is 1. The lowest BCUT2D eigenvalue weighted by molar-refractivity contribution is -0.172. The van der Waals surface area contributed by atoms with Gasteiger partial charge in [-0.1, -0.05) is 0 Å². The molecule has 1 saturated heterocycles. The van der Waals surface area contributed by atoms with Crippen LogP contribution in [0, 0.1) is 0 Å². The van der Waals surface area contributed by atoms with Crippen LogP contribution in [-0.4, -0.2) is 29.6 Å². The quantitative estimate of drug-likeness (QED) is 0.461. The van der Waals surface area contributed by atoms with Crippen LogP contribution in [0.15, 0.2) is 0 Å². The fourth-order valence-electron chi connectivity index (χ4n) is 1.13. The molecule has 0 aromatic carbocycles. The Morgan fingerprint density at radius 2 is 2.27 bits per heavy atom. The minimum absolute atomic E-state index is 0.297. The summed E-state index contributed by atoms with van der Waals surface area (Å²) in [6.45, 7) is 0.366. The number of carbonyl (C=O) groups is 2. The Hall–Kier alpha value is -0.900. The average Bonchev–Trinajstić information content (AvgIpc) is 2.05. The summed E-state index contributed by atoms with van der Waals surface area (Å²) in [6.07, 6.45) is 2.26. The Balaban J connectivity index is 2.72. The molecule has 0 saturated carbocycles. The highest BCUT2D eigenvalue weighted by atomic mass is 16.5. The zero-order valence-electron chi connectivity index (χ0n) is 6.08. The Kier molecular flexibility index (Phi) is 2.24. The van der Waals surface area contributed by atoms with Crippen LogP contribution in [0.1, 0.15) is 19.3 Å². The van der Waals surface area contributed by atoms with Crippen molar-refractivity contribution in [2.24, 2.45) is 0 Å². The zero-order chi connectivity index (χ0) is 8.32. The summed E-state index contributed by atoms with van der Waals surface area (Å²) in [5.74, 6) is -1.17. The van der Waals surface area contributed by atoms with Gasteiger partial charge in [-0.15, -0.1) is 0 Å². The molecule has 0 spiro atoms. The van der Waals surface area contributed by atoms with Crippen molar-refractivity contribution in [2.75, 3.05) is 6.61 Å². The van der Waals surface area contributed by atoms with Gasteiger partial charge in [0.15, 0.2) is 6.29 Å². The molecule has 0 aromatic heterocycles. The number of aldehydes is 1. The third kappa shape index (κ3) is 1.40. The van der Waals surface area contributed by atoms with E-state index in [4.69, 9.17) is 9.84 Å². The van der Waals surface area contributed by atoms with E-state index >= 15 is 0 Å². The summed E-state index contributed by atoms with van der Waals surface area (Å²) in [5.41, 5.74) is -1.54. The summed E-state index contributed by atoms with van der Waals surface area (Å²) < 4.78 is 4.91. The second-order valence-electron chi connectivity index (χ2n) is 2.62. The Morgan fingerprint density at radius 1 is 1.55 bits per heavy atom. The SMILES string of the molecule is O=CC1(C(=O)O)CCCCO1. The largest absolute Gasteiger partial charge is 0.479 e. The first-order valence-corrected chi connectivity index (χ1v) is 3.55. The molecule has 0 aromatic rings. The molecule has 1 aliphatic heterocycles. The molecule has 4 nitrogen and oxygen atoms in total. The summed E-state index contributed by atoms with van der Waals surface area (Å²) in [4.78, 5) is 21.0. The molecule has 1 heterocycles. The van der Waals surface area contributed by atoms with Crippen LogP contribution < -0.4 is 0 Å². The topological polar surface area (TPSA) is 63.6 Å². The molecule has 0 aliphatic carbocycles. The molecule has 1 N–H and O–H groups in total. The minimum Gasteiger partial charge on any atom is -0.479 e. The second kappa shape index (κ2) is 3.00. The van der Waals surface area contributed by atoms with Crippen molar-refractivity contribution >= 4 is 12.3 Å². The van der Waals surface area contributed by atoms with Gasteiger partial charge in [0.05, 0.1) is 0 Å². The van der Waals surface area contributed by atoms with Crippen molar-refractivity contribution in [1.29, 1.82) is 0 Å². The first-order chi connectivity index (χ1) is 5.21. The van der Waals surface area contributed by atoms with E-state index in [-0.39, 0.29) is 0 Å². The van der Waals surface area contributed by atoms with E-state index < -0.39 is 11.6 Å². The van der Waals surface area contributed by atoms with Crippen LogP contribution in [0.3, 0.4) is 0 Å². The fourth-order valence-corrected chi connectivity index (χ4v) is 1.13. The van der Waals surface area contributed by atoms with Crippen LogP contribution in [0.2, 0.25) is 0 Å². The molecule has 0 bridgehead atoms. The third-order valence-corrected chi connectivity index (χ3v) is 1.85. The molecule has 1 rings (SSSR count). The molecule has 0 amide bonds. The van der Waals surface area contributed by atoms with E-state index in [1.807, 2.05) is 0 Å². The maximum Gasteiger partial charge on any atom is 0.343 e. The van der Waals surface area contributed by atoms with E-state index in [9.17, 15) is 9.59 Å². The molecular weight excluding hydrogens is 148 g/mol. The Bertz CT molecular complexity index is 169. The van der Waals surface area contributed by atoms with Crippen molar-refractivity contribution in [3.63, 3.8) is 0 Å². The van der Waals surface area contributed by atoms with Gasteiger partial charge in [-0.2, -0.15) is 0 Å².